The van der Waals surface area contributed by atoms with Crippen LogP contribution in [0.25, 0.3) is 11.3 Å². The van der Waals surface area contributed by atoms with Gasteiger partial charge in [-0.1, -0.05) is 0 Å². The lowest BCUT2D eigenvalue weighted by atomic mass is 10.2. The smallest absolute Gasteiger partial charge is 0.258 e. The number of ether oxygens (including phenoxy) is 1. The topological polar surface area (TPSA) is 61.7 Å². The molecule has 0 saturated carbocycles. The Morgan fingerprint density at radius 3 is 2.70 bits per heavy atom. The Morgan fingerprint density at radius 2 is 1.96 bits per heavy atom. The lowest BCUT2D eigenvalue weighted by Gasteiger charge is -2.34. The molecule has 0 amide bonds. The average molecular weight is 317 g/mol. The molecule has 2 aromatic heterocycles. The molecule has 0 radical (unpaired) electrons. The highest BCUT2D eigenvalue weighted by Crippen LogP contribution is 2.20. The van der Waals surface area contributed by atoms with Gasteiger partial charge in [0.1, 0.15) is 11.5 Å². The molecule has 0 aromatic carbocycles. The quantitative estimate of drug-likeness (QED) is 0.872. The monoisotopic (exact) mass is 317 g/mol. The highest BCUT2D eigenvalue weighted by atomic mass is 16.5. The molecule has 0 unspecified atom stereocenters. The number of piperazine rings is 1. The Hall–Kier alpha value is -1.89. The number of furan rings is 1. The zero-order chi connectivity index (χ0) is 16.1. The van der Waals surface area contributed by atoms with Gasteiger partial charge < -0.3 is 14.1 Å². The largest absolute Gasteiger partial charge is 0.460 e. The van der Waals surface area contributed by atoms with Gasteiger partial charge in [0, 0.05) is 46.0 Å². The standard InChI is InChI=1S/C17H23N3O3/c1-22-12-11-19-7-9-20(10-8-19)13-14-4-5-16(23-14)15-3-2-6-18-17(15)21/h2-6H,7-13H2,1H3,(H,18,21). The van der Waals surface area contributed by atoms with Crippen LogP contribution in [0.2, 0.25) is 0 Å². The lowest BCUT2D eigenvalue weighted by molar-refractivity contribution is 0.0906. The lowest BCUT2D eigenvalue weighted by Crippen LogP contribution is -2.46. The fourth-order valence-electron chi connectivity index (χ4n) is 2.84. The summed E-state index contributed by atoms with van der Waals surface area (Å²) in [6.07, 6.45) is 1.62. The van der Waals surface area contributed by atoms with Crippen LogP contribution in [0.1, 0.15) is 5.76 Å². The third-order valence-electron chi connectivity index (χ3n) is 4.20. The van der Waals surface area contributed by atoms with E-state index in [9.17, 15) is 4.79 Å². The highest BCUT2D eigenvalue weighted by molar-refractivity contribution is 5.55. The normalized spacial score (nSPS) is 16.7. The molecular weight excluding hydrogens is 294 g/mol. The van der Waals surface area contributed by atoms with Crippen molar-refractivity contribution in [3.8, 4) is 11.3 Å². The van der Waals surface area contributed by atoms with E-state index in [1.165, 1.54) is 0 Å². The molecule has 0 spiro atoms. The van der Waals surface area contributed by atoms with Crippen molar-refractivity contribution in [2.24, 2.45) is 0 Å². The van der Waals surface area contributed by atoms with Crippen LogP contribution in [0.3, 0.4) is 0 Å². The minimum Gasteiger partial charge on any atom is -0.460 e. The van der Waals surface area contributed by atoms with Crippen molar-refractivity contribution < 1.29 is 9.15 Å². The van der Waals surface area contributed by atoms with Gasteiger partial charge in [0.25, 0.3) is 5.56 Å². The van der Waals surface area contributed by atoms with Crippen molar-refractivity contribution in [3.63, 3.8) is 0 Å². The van der Waals surface area contributed by atoms with E-state index in [2.05, 4.69) is 14.8 Å². The molecule has 3 heterocycles. The van der Waals surface area contributed by atoms with Crippen LogP contribution < -0.4 is 5.56 Å². The van der Waals surface area contributed by atoms with Crippen molar-refractivity contribution >= 4 is 0 Å². The van der Waals surface area contributed by atoms with Crippen molar-refractivity contribution in [2.45, 2.75) is 6.54 Å². The van der Waals surface area contributed by atoms with Crippen LogP contribution in [0.15, 0.2) is 39.7 Å². The Bertz CT molecular complexity index is 671. The number of hydrogen-bond donors (Lipinski definition) is 1. The summed E-state index contributed by atoms with van der Waals surface area (Å²) in [7, 11) is 1.74. The number of nitrogens with zero attached hydrogens (tertiary/aromatic N) is 2. The predicted molar refractivity (Wildman–Crippen MR) is 88.4 cm³/mol. The first kappa shape index (κ1) is 16.0. The summed E-state index contributed by atoms with van der Waals surface area (Å²) >= 11 is 0. The number of hydrogen-bond acceptors (Lipinski definition) is 5. The van der Waals surface area contributed by atoms with Gasteiger partial charge in [-0.05, 0) is 24.3 Å². The van der Waals surface area contributed by atoms with Crippen LogP contribution in [0.5, 0.6) is 0 Å². The van der Waals surface area contributed by atoms with Gasteiger partial charge in [-0.25, -0.2) is 0 Å². The zero-order valence-corrected chi connectivity index (χ0v) is 13.5. The first-order valence-electron chi connectivity index (χ1n) is 7.96. The van der Waals surface area contributed by atoms with E-state index in [0.29, 0.717) is 11.3 Å². The van der Waals surface area contributed by atoms with Gasteiger partial charge in [0.2, 0.25) is 0 Å². The molecule has 124 valence electrons. The summed E-state index contributed by atoms with van der Waals surface area (Å²) < 4.78 is 11.0. The Morgan fingerprint density at radius 1 is 1.17 bits per heavy atom. The van der Waals surface area contributed by atoms with Crippen LogP contribution in [-0.4, -0.2) is 61.2 Å². The summed E-state index contributed by atoms with van der Waals surface area (Å²) in [6.45, 7) is 6.70. The molecule has 2 aromatic rings. The molecule has 0 atom stereocenters. The van der Waals surface area contributed by atoms with Crippen LogP contribution >= 0.6 is 0 Å². The minimum atomic E-state index is -0.125. The van der Waals surface area contributed by atoms with E-state index >= 15 is 0 Å². The molecule has 1 fully saturated rings. The molecule has 3 rings (SSSR count). The molecule has 1 aliphatic heterocycles. The van der Waals surface area contributed by atoms with Crippen molar-refractivity contribution in [1.29, 1.82) is 0 Å². The molecule has 1 N–H and O–H groups in total. The van der Waals surface area contributed by atoms with Gasteiger partial charge in [-0.3, -0.25) is 14.6 Å². The highest BCUT2D eigenvalue weighted by Gasteiger charge is 2.18. The van der Waals surface area contributed by atoms with Gasteiger partial charge in [-0.2, -0.15) is 0 Å². The van der Waals surface area contributed by atoms with E-state index in [0.717, 1.165) is 51.6 Å². The maximum atomic E-state index is 11.8. The van der Waals surface area contributed by atoms with E-state index in [1.807, 2.05) is 12.1 Å². The van der Waals surface area contributed by atoms with Crippen molar-refractivity contribution in [3.05, 3.63) is 46.6 Å². The molecule has 0 bridgehead atoms. The first-order chi connectivity index (χ1) is 11.3. The van der Waals surface area contributed by atoms with Gasteiger partial charge in [-0.15, -0.1) is 0 Å². The molecule has 0 aliphatic carbocycles. The second-order valence-electron chi connectivity index (χ2n) is 5.79. The number of methoxy groups -OCH3 is 1. The summed E-state index contributed by atoms with van der Waals surface area (Å²) in [4.78, 5) is 19.3. The predicted octanol–water partition coefficient (Wildman–Crippen LogP) is 1.40. The number of nitrogens with one attached hydrogen (secondary N) is 1. The zero-order valence-electron chi connectivity index (χ0n) is 13.5. The maximum Gasteiger partial charge on any atom is 0.258 e. The van der Waals surface area contributed by atoms with Crippen LogP contribution in [-0.2, 0) is 11.3 Å². The maximum absolute atomic E-state index is 11.8. The summed E-state index contributed by atoms with van der Waals surface area (Å²) in [5.41, 5.74) is 0.447. The molecule has 6 heteroatoms. The van der Waals surface area contributed by atoms with Gasteiger partial charge in [0.05, 0.1) is 18.7 Å². The number of H-pyrrole nitrogens is 1. The fraction of sp³-hybridized carbons (Fsp3) is 0.471. The molecule has 1 saturated heterocycles. The van der Waals surface area contributed by atoms with Crippen LogP contribution in [0.4, 0.5) is 0 Å². The van der Waals surface area contributed by atoms with Crippen LogP contribution in [0, 0.1) is 0 Å². The Kier molecular flexibility index (Phi) is 5.27. The van der Waals surface area contributed by atoms with E-state index in [1.54, 1.807) is 25.4 Å². The summed E-state index contributed by atoms with van der Waals surface area (Å²) in [5, 5.41) is 0. The molecule has 23 heavy (non-hydrogen) atoms. The third-order valence-corrected chi connectivity index (χ3v) is 4.20. The third kappa shape index (κ3) is 4.10. The van der Waals surface area contributed by atoms with Gasteiger partial charge >= 0.3 is 0 Å². The number of pyridine rings is 1. The molecule has 1 aliphatic rings. The second kappa shape index (κ2) is 7.59. The first-order valence-corrected chi connectivity index (χ1v) is 7.96. The fourth-order valence-corrected chi connectivity index (χ4v) is 2.84. The number of rotatable bonds is 6. The minimum absolute atomic E-state index is 0.125. The molecular formula is C17H23N3O3. The Labute approximate surface area is 135 Å². The van der Waals surface area contributed by atoms with Crippen molar-refractivity contribution in [1.82, 2.24) is 14.8 Å². The van der Waals surface area contributed by atoms with E-state index in [4.69, 9.17) is 9.15 Å². The van der Waals surface area contributed by atoms with Gasteiger partial charge in [0.15, 0.2) is 0 Å². The Balaban J connectivity index is 1.56. The number of aromatic amines is 1. The van der Waals surface area contributed by atoms with E-state index in [-0.39, 0.29) is 5.56 Å². The van der Waals surface area contributed by atoms with Crippen molar-refractivity contribution in [2.75, 3.05) is 46.4 Å². The summed E-state index contributed by atoms with van der Waals surface area (Å²) in [6, 6.07) is 7.40. The van der Waals surface area contributed by atoms with E-state index < -0.39 is 0 Å². The molecule has 6 nitrogen and oxygen atoms in total. The number of aromatic nitrogens is 1. The SMILES string of the molecule is COCCN1CCN(Cc2ccc(-c3ccc[nH]c3=O)o2)CC1. The average Bonchev–Trinajstić information content (AvgIpc) is 3.03. The second-order valence-corrected chi connectivity index (χ2v) is 5.79. The summed E-state index contributed by atoms with van der Waals surface area (Å²) in [5.74, 6) is 1.52.